The molecule has 0 unspecified atom stereocenters. The van der Waals surface area contributed by atoms with E-state index in [1.165, 1.54) is 11.7 Å². The first-order chi connectivity index (χ1) is 4.79. The Kier molecular flexibility index (Phi) is 16.9. The summed E-state index contributed by atoms with van der Waals surface area (Å²) in [6.07, 6.45) is 1.26. The first-order valence-electron chi connectivity index (χ1n) is 3.47. The van der Waals surface area contributed by atoms with Crippen molar-refractivity contribution >= 4 is 7.92 Å². The predicted molar refractivity (Wildman–Crippen MR) is 48.9 cm³/mol. The third-order valence-electron chi connectivity index (χ3n) is 1.34. The van der Waals surface area contributed by atoms with Gasteiger partial charge in [0, 0.05) is 0 Å². The first kappa shape index (κ1) is 19.6. The van der Waals surface area contributed by atoms with Gasteiger partial charge in [0.25, 0.3) is 0 Å². The van der Waals surface area contributed by atoms with E-state index < -0.39 is 0 Å². The molecule has 0 aliphatic carbocycles. The van der Waals surface area contributed by atoms with Gasteiger partial charge in [-0.15, -0.1) is 7.92 Å². The predicted octanol–water partition coefficient (Wildman–Crippen LogP) is -3.07. The minimum Gasteiger partial charge on any atom is -1.00 e. The van der Waals surface area contributed by atoms with Crippen molar-refractivity contribution < 1.29 is 50.5 Å². The fourth-order valence-electron chi connectivity index (χ4n) is 0.949. The zero-order chi connectivity index (χ0) is 7.40. The summed E-state index contributed by atoms with van der Waals surface area (Å²) in [7, 11) is 0.223. The van der Waals surface area contributed by atoms with Crippen LogP contribution in [0, 0.1) is 0 Å². The maximum atomic E-state index is 2.31. The number of rotatable bonds is 2. The summed E-state index contributed by atoms with van der Waals surface area (Å²) in [6.45, 7) is 4.62. The van der Waals surface area contributed by atoms with Gasteiger partial charge in [0.05, 0.1) is 0 Å². The minimum absolute atomic E-state index is 0. The second-order valence-electron chi connectivity index (χ2n) is 2.72. The molecule has 1 aromatic rings. The molecule has 0 bridgehead atoms. The molecule has 0 heterocycles. The number of halogens is 2. The molecule has 0 saturated carbocycles. The molecule has 0 nitrogen and oxygen atoms in total. The fraction of sp³-hybridized carbons (Fsp3) is 0.333. The van der Waals surface area contributed by atoms with Crippen molar-refractivity contribution in [3.05, 3.63) is 35.9 Å². The van der Waals surface area contributed by atoms with Gasteiger partial charge < -0.3 is 34.0 Å². The number of hydrogen-bond donors (Lipinski definition) is 0. The van der Waals surface area contributed by atoms with Crippen molar-refractivity contribution in [3.63, 3.8) is 0 Å². The Morgan fingerprint density at radius 3 is 1.85 bits per heavy atom. The molecule has 0 fully saturated rings. The zero-order valence-corrected chi connectivity index (χ0v) is 12.7. The van der Waals surface area contributed by atoms with Crippen LogP contribution in [0.25, 0.3) is 0 Å². The summed E-state index contributed by atoms with van der Waals surface area (Å²) in [5.41, 5.74) is 1.47. The van der Waals surface area contributed by atoms with Gasteiger partial charge in [-0.25, -0.2) is 0 Å². The number of hydrogen-bond acceptors (Lipinski definition) is 0. The Balaban J connectivity index is -0.000000333. The van der Waals surface area contributed by atoms with Crippen LogP contribution >= 0.6 is 7.92 Å². The molecule has 1 aromatic carbocycles. The quantitative estimate of drug-likeness (QED) is 0.383. The molecule has 0 aliphatic rings. The monoisotopic (exact) mass is 368 g/mol. The van der Waals surface area contributed by atoms with Crippen LogP contribution in [0.15, 0.2) is 30.3 Å². The molecular formula is C9H13Br2NiP. The van der Waals surface area contributed by atoms with Crippen molar-refractivity contribution in [1.82, 2.24) is 0 Å². The Labute approximate surface area is 113 Å². The normalized spacial score (nSPS) is 7.92. The summed E-state index contributed by atoms with van der Waals surface area (Å²) >= 11 is 0. The van der Waals surface area contributed by atoms with Crippen LogP contribution in [0.5, 0.6) is 0 Å². The van der Waals surface area contributed by atoms with E-state index in [0.717, 1.165) is 0 Å². The molecule has 0 amide bonds. The summed E-state index contributed by atoms with van der Waals surface area (Å²) < 4.78 is 0. The Morgan fingerprint density at radius 1 is 1.00 bits per heavy atom. The zero-order valence-electron chi connectivity index (χ0n) is 7.61. The molecule has 0 atom stereocenters. The molecule has 0 N–H and O–H groups in total. The molecular weight excluding hydrogens is 358 g/mol. The van der Waals surface area contributed by atoms with E-state index in [1.807, 2.05) is 0 Å². The second-order valence-corrected chi connectivity index (χ2v) is 5.20. The van der Waals surface area contributed by atoms with Gasteiger partial charge in [-0.2, -0.15) is 0 Å². The first-order valence-corrected chi connectivity index (χ1v) is 5.90. The fourth-order valence-corrected chi connectivity index (χ4v) is 1.89. The van der Waals surface area contributed by atoms with Crippen LogP contribution in [-0.4, -0.2) is 13.3 Å². The maximum absolute atomic E-state index is 2.31. The second kappa shape index (κ2) is 11.2. The Morgan fingerprint density at radius 2 is 1.46 bits per heavy atom. The van der Waals surface area contributed by atoms with Crippen LogP contribution < -0.4 is 34.0 Å². The van der Waals surface area contributed by atoms with Crippen LogP contribution in [0.1, 0.15) is 5.56 Å². The van der Waals surface area contributed by atoms with Gasteiger partial charge >= 0.3 is 16.5 Å². The largest absolute Gasteiger partial charge is 2.00 e. The van der Waals surface area contributed by atoms with Crippen LogP contribution in [-0.2, 0) is 22.7 Å². The average Bonchev–Trinajstić information content (AvgIpc) is 1.88. The standard InChI is InChI=1S/C9H13P.2BrH.Ni/c1-10(2)8-9-6-4-3-5-7-9;;;/h3-7H,8H2,1-2H3;2*1H;/q;;;+2/p-2. The minimum atomic E-state index is 0. The molecule has 0 aromatic heterocycles. The Bertz CT molecular complexity index is 192. The van der Waals surface area contributed by atoms with E-state index in [4.69, 9.17) is 0 Å². The van der Waals surface area contributed by atoms with Gasteiger partial charge in [-0.3, -0.25) is 0 Å². The smallest absolute Gasteiger partial charge is 1.00 e. The van der Waals surface area contributed by atoms with Crippen molar-refractivity contribution in [2.45, 2.75) is 6.16 Å². The van der Waals surface area contributed by atoms with E-state index in [-0.39, 0.29) is 58.4 Å². The molecule has 13 heavy (non-hydrogen) atoms. The van der Waals surface area contributed by atoms with Gasteiger partial charge in [0.1, 0.15) is 0 Å². The maximum Gasteiger partial charge on any atom is 2.00 e. The van der Waals surface area contributed by atoms with E-state index in [1.54, 1.807) is 0 Å². The number of benzene rings is 1. The van der Waals surface area contributed by atoms with Crippen LogP contribution in [0.2, 0.25) is 0 Å². The van der Waals surface area contributed by atoms with E-state index in [2.05, 4.69) is 43.7 Å². The molecule has 4 heteroatoms. The van der Waals surface area contributed by atoms with Crippen molar-refractivity contribution in [2.24, 2.45) is 0 Å². The van der Waals surface area contributed by atoms with Crippen molar-refractivity contribution in [3.8, 4) is 0 Å². The molecule has 0 saturated heterocycles. The molecule has 0 radical (unpaired) electrons. The van der Waals surface area contributed by atoms with E-state index >= 15 is 0 Å². The van der Waals surface area contributed by atoms with Gasteiger partial charge in [0.15, 0.2) is 0 Å². The van der Waals surface area contributed by atoms with Crippen molar-refractivity contribution in [2.75, 3.05) is 13.3 Å². The van der Waals surface area contributed by atoms with Crippen molar-refractivity contribution in [1.29, 1.82) is 0 Å². The Hall–Kier alpha value is 1.10. The molecule has 1 rings (SSSR count). The average molecular weight is 371 g/mol. The van der Waals surface area contributed by atoms with Crippen LogP contribution in [0.4, 0.5) is 0 Å². The molecule has 0 aliphatic heterocycles. The third-order valence-corrected chi connectivity index (χ3v) is 2.34. The van der Waals surface area contributed by atoms with Gasteiger partial charge in [-0.05, 0) is 25.1 Å². The van der Waals surface area contributed by atoms with Crippen LogP contribution in [0.3, 0.4) is 0 Å². The van der Waals surface area contributed by atoms with E-state index in [0.29, 0.717) is 0 Å². The summed E-state index contributed by atoms with van der Waals surface area (Å²) in [6, 6.07) is 10.7. The third kappa shape index (κ3) is 9.41. The SMILES string of the molecule is CP(C)Cc1ccccc1.[Br-].[Br-].[Ni+2]. The summed E-state index contributed by atoms with van der Waals surface area (Å²) in [5, 5.41) is 0. The summed E-state index contributed by atoms with van der Waals surface area (Å²) in [4.78, 5) is 0. The van der Waals surface area contributed by atoms with E-state index in [9.17, 15) is 0 Å². The molecule has 0 spiro atoms. The summed E-state index contributed by atoms with van der Waals surface area (Å²) in [5.74, 6) is 0. The molecule has 78 valence electrons. The topological polar surface area (TPSA) is 0 Å². The van der Waals surface area contributed by atoms with Gasteiger partial charge in [-0.1, -0.05) is 30.3 Å². The van der Waals surface area contributed by atoms with Gasteiger partial charge in [0.2, 0.25) is 0 Å².